The Hall–Kier alpha value is -2.57. The van der Waals surface area contributed by atoms with Crippen molar-refractivity contribution in [3.05, 3.63) is 46.1 Å². The van der Waals surface area contributed by atoms with E-state index in [9.17, 15) is 14.4 Å². The lowest BCUT2D eigenvalue weighted by Gasteiger charge is -2.13. The van der Waals surface area contributed by atoms with E-state index >= 15 is 0 Å². The van der Waals surface area contributed by atoms with E-state index in [1.165, 1.54) is 12.2 Å². The highest BCUT2D eigenvalue weighted by molar-refractivity contribution is 5.77. The number of carbonyl (C=O) groups excluding carboxylic acids is 1. The summed E-state index contributed by atoms with van der Waals surface area (Å²) in [6, 6.07) is 0. The Balaban J connectivity index is 3.68. The van der Waals surface area contributed by atoms with Crippen molar-refractivity contribution < 1.29 is 4.79 Å². The summed E-state index contributed by atoms with van der Waals surface area (Å²) in [4.78, 5) is 34.4. The van der Waals surface area contributed by atoms with Gasteiger partial charge in [-0.2, -0.15) is 0 Å². The average Bonchev–Trinajstić information content (AvgIpc) is 2.35. The lowest BCUT2D eigenvalue weighted by molar-refractivity contribution is -0.105. The second-order valence-electron chi connectivity index (χ2n) is 3.41. The molecule has 0 saturated carbocycles. The van der Waals surface area contributed by atoms with E-state index < -0.39 is 11.2 Å². The molecule has 0 bridgehead atoms. The van der Waals surface area contributed by atoms with Gasteiger partial charge in [-0.1, -0.05) is 12.2 Å². The van der Waals surface area contributed by atoms with Crippen LogP contribution in [-0.4, -0.2) is 15.5 Å². The SMILES string of the molecule is C=CCn1c(N)c(NC=O)c(=O)n(CC=C)c1=O. The minimum Gasteiger partial charge on any atom is -0.383 e. The van der Waals surface area contributed by atoms with Gasteiger partial charge < -0.3 is 11.1 Å². The lowest BCUT2D eigenvalue weighted by Crippen LogP contribution is -2.42. The van der Waals surface area contributed by atoms with Gasteiger partial charge in [0.1, 0.15) is 11.5 Å². The number of allylic oxidation sites excluding steroid dienone is 2. The third-order valence-corrected chi connectivity index (χ3v) is 2.29. The Kier molecular flexibility index (Phi) is 4.25. The molecule has 0 atom stereocenters. The van der Waals surface area contributed by atoms with Crippen LogP contribution in [0.5, 0.6) is 0 Å². The number of nitrogen functional groups attached to an aromatic ring is 1. The van der Waals surface area contributed by atoms with E-state index in [1.807, 2.05) is 0 Å². The van der Waals surface area contributed by atoms with Gasteiger partial charge in [-0.3, -0.25) is 18.7 Å². The van der Waals surface area contributed by atoms with Crippen molar-refractivity contribution in [2.75, 3.05) is 11.1 Å². The molecule has 1 aromatic heterocycles. The van der Waals surface area contributed by atoms with Gasteiger partial charge in [0.15, 0.2) is 0 Å². The van der Waals surface area contributed by atoms with Crippen LogP contribution in [0.1, 0.15) is 0 Å². The Bertz CT molecular complexity index is 552. The van der Waals surface area contributed by atoms with Crippen LogP contribution in [0.3, 0.4) is 0 Å². The van der Waals surface area contributed by atoms with Gasteiger partial charge in [0.2, 0.25) is 6.41 Å². The van der Waals surface area contributed by atoms with Gasteiger partial charge in [0, 0.05) is 13.1 Å². The van der Waals surface area contributed by atoms with E-state index in [2.05, 4.69) is 18.5 Å². The summed E-state index contributed by atoms with van der Waals surface area (Å²) in [5, 5.41) is 2.20. The molecule has 1 aromatic rings. The summed E-state index contributed by atoms with van der Waals surface area (Å²) in [5.74, 6) is -0.0997. The molecule has 1 heterocycles. The number of amides is 1. The predicted molar refractivity (Wildman–Crippen MR) is 69.5 cm³/mol. The van der Waals surface area contributed by atoms with Crippen LogP contribution in [0.15, 0.2) is 34.9 Å². The van der Waals surface area contributed by atoms with Crippen LogP contribution in [0.4, 0.5) is 11.5 Å². The highest BCUT2D eigenvalue weighted by Gasteiger charge is 2.15. The molecular weight excluding hydrogens is 236 g/mol. The van der Waals surface area contributed by atoms with Gasteiger partial charge in [-0.25, -0.2) is 4.79 Å². The largest absolute Gasteiger partial charge is 0.383 e. The zero-order valence-corrected chi connectivity index (χ0v) is 9.76. The van der Waals surface area contributed by atoms with Gasteiger partial charge >= 0.3 is 5.69 Å². The molecule has 0 aromatic carbocycles. The molecule has 0 spiro atoms. The summed E-state index contributed by atoms with van der Waals surface area (Å²) < 4.78 is 2.07. The minimum absolute atomic E-state index is 0.0304. The second kappa shape index (κ2) is 5.67. The molecule has 96 valence electrons. The van der Waals surface area contributed by atoms with E-state index in [-0.39, 0.29) is 24.6 Å². The zero-order chi connectivity index (χ0) is 13.7. The van der Waals surface area contributed by atoms with Crippen molar-refractivity contribution in [3.8, 4) is 0 Å². The fraction of sp³-hybridized carbons (Fsp3) is 0.182. The maximum atomic E-state index is 12.0. The Labute approximate surface area is 103 Å². The zero-order valence-electron chi connectivity index (χ0n) is 9.76. The summed E-state index contributed by atoms with van der Waals surface area (Å²) in [5.41, 5.74) is 4.31. The van der Waals surface area contributed by atoms with Crippen molar-refractivity contribution in [2.45, 2.75) is 13.1 Å². The third-order valence-electron chi connectivity index (χ3n) is 2.29. The molecule has 7 heteroatoms. The molecule has 0 unspecified atom stereocenters. The molecule has 1 rings (SSSR count). The van der Waals surface area contributed by atoms with Crippen LogP contribution >= 0.6 is 0 Å². The first kappa shape index (κ1) is 13.5. The number of nitrogens with two attached hydrogens (primary N) is 1. The Morgan fingerprint density at radius 1 is 1.17 bits per heavy atom. The van der Waals surface area contributed by atoms with Crippen molar-refractivity contribution in [1.29, 1.82) is 0 Å². The van der Waals surface area contributed by atoms with Crippen LogP contribution in [0, 0.1) is 0 Å². The second-order valence-corrected chi connectivity index (χ2v) is 3.41. The van der Waals surface area contributed by atoms with Crippen molar-refractivity contribution >= 4 is 17.9 Å². The van der Waals surface area contributed by atoms with Crippen LogP contribution < -0.4 is 22.3 Å². The quantitative estimate of drug-likeness (QED) is 0.526. The number of rotatable bonds is 6. The maximum Gasteiger partial charge on any atom is 0.333 e. The molecule has 7 nitrogen and oxygen atoms in total. The summed E-state index contributed by atoms with van der Waals surface area (Å²) in [7, 11) is 0. The molecule has 3 N–H and O–H groups in total. The number of nitrogens with zero attached hydrogens (tertiary/aromatic N) is 2. The van der Waals surface area contributed by atoms with E-state index in [4.69, 9.17) is 5.73 Å². The third kappa shape index (κ3) is 2.24. The van der Waals surface area contributed by atoms with Crippen molar-refractivity contribution in [3.63, 3.8) is 0 Å². The molecule has 0 fully saturated rings. The Morgan fingerprint density at radius 3 is 2.22 bits per heavy atom. The van der Waals surface area contributed by atoms with Crippen molar-refractivity contribution in [1.82, 2.24) is 9.13 Å². The summed E-state index contributed by atoms with van der Waals surface area (Å²) in [6.45, 7) is 7.13. The first-order valence-electron chi connectivity index (χ1n) is 5.13. The molecule has 0 saturated heterocycles. The number of anilines is 2. The summed E-state index contributed by atoms with van der Waals surface area (Å²) in [6.07, 6.45) is 3.20. The van der Waals surface area contributed by atoms with Crippen LogP contribution in [-0.2, 0) is 17.9 Å². The highest BCUT2D eigenvalue weighted by atomic mass is 16.2. The maximum absolute atomic E-state index is 12.0. The molecule has 1 amide bonds. The molecular formula is C11H14N4O3. The van der Waals surface area contributed by atoms with Gasteiger partial charge in [0.05, 0.1) is 0 Å². The monoisotopic (exact) mass is 250 g/mol. The van der Waals surface area contributed by atoms with Gasteiger partial charge in [-0.05, 0) is 0 Å². The smallest absolute Gasteiger partial charge is 0.333 e. The van der Waals surface area contributed by atoms with Gasteiger partial charge in [0.25, 0.3) is 5.56 Å². The fourth-order valence-corrected chi connectivity index (χ4v) is 1.51. The normalized spacial score (nSPS) is 9.78. The average molecular weight is 250 g/mol. The number of aromatic nitrogens is 2. The van der Waals surface area contributed by atoms with E-state index in [0.29, 0.717) is 6.41 Å². The van der Waals surface area contributed by atoms with Crippen molar-refractivity contribution in [2.24, 2.45) is 0 Å². The first-order valence-corrected chi connectivity index (χ1v) is 5.13. The number of carbonyl (C=O) groups is 1. The number of hydrogen-bond acceptors (Lipinski definition) is 4. The number of nitrogens with one attached hydrogen (secondary N) is 1. The molecule has 0 radical (unpaired) electrons. The number of hydrogen-bond donors (Lipinski definition) is 2. The minimum atomic E-state index is -0.662. The van der Waals surface area contributed by atoms with Gasteiger partial charge in [-0.15, -0.1) is 13.2 Å². The highest BCUT2D eigenvalue weighted by Crippen LogP contribution is 2.09. The lowest BCUT2D eigenvalue weighted by atomic mass is 10.4. The van der Waals surface area contributed by atoms with Crippen LogP contribution in [0.25, 0.3) is 0 Å². The Morgan fingerprint density at radius 2 is 1.72 bits per heavy atom. The fourth-order valence-electron chi connectivity index (χ4n) is 1.51. The molecule has 0 aliphatic heterocycles. The topological polar surface area (TPSA) is 99.1 Å². The first-order chi connectivity index (χ1) is 8.58. The molecule has 0 aliphatic rings. The van der Waals surface area contributed by atoms with E-state index in [1.54, 1.807) is 0 Å². The molecule has 0 aliphatic carbocycles. The predicted octanol–water partition coefficient (Wildman–Crippen LogP) is -0.468. The van der Waals surface area contributed by atoms with Crippen LogP contribution in [0.2, 0.25) is 0 Å². The van der Waals surface area contributed by atoms with E-state index in [0.717, 1.165) is 9.13 Å². The molecule has 18 heavy (non-hydrogen) atoms. The summed E-state index contributed by atoms with van der Waals surface area (Å²) >= 11 is 0. The standard InChI is InChI=1S/C11H14N4O3/c1-3-5-14-9(12)8(13-7-16)10(17)15(6-4-2)11(14)18/h3-4,7H,1-2,5-6,12H2,(H,13,16).